The number of aromatic amines is 1. The van der Waals surface area contributed by atoms with E-state index in [1.807, 2.05) is 78.9 Å². The molecule has 0 spiro atoms. The van der Waals surface area contributed by atoms with Crippen molar-refractivity contribution in [1.29, 1.82) is 0 Å². The second-order valence-electron chi connectivity index (χ2n) is 15.4. The Balaban J connectivity index is 1.19. The van der Waals surface area contributed by atoms with Crippen molar-refractivity contribution in [2.75, 3.05) is 40.6 Å². The van der Waals surface area contributed by atoms with Crippen molar-refractivity contribution in [3.63, 3.8) is 0 Å². The van der Waals surface area contributed by atoms with Gasteiger partial charge >= 0.3 is 5.69 Å². The molecule has 59 heavy (non-hydrogen) atoms. The number of unbranched alkanes of at least 4 members (excludes halogenated alkanes) is 13. The highest BCUT2D eigenvalue weighted by Crippen LogP contribution is 2.43. The van der Waals surface area contributed by atoms with Gasteiger partial charge in [-0.3, -0.25) is 14.3 Å². The van der Waals surface area contributed by atoms with Gasteiger partial charge in [0.05, 0.1) is 34.0 Å². The predicted molar refractivity (Wildman–Crippen MR) is 230 cm³/mol. The normalized spacial score (nSPS) is 18.0. The molecule has 1 aliphatic heterocycles. The number of rotatable bonds is 28. The zero-order valence-corrected chi connectivity index (χ0v) is 35.4. The molecule has 0 amide bonds. The van der Waals surface area contributed by atoms with E-state index < -0.39 is 41.4 Å². The number of benzene rings is 3. The topological polar surface area (TPSA) is 130 Å². The molecule has 0 aliphatic carbocycles. The number of aliphatic hydroxyl groups excluding tert-OH is 1. The molecule has 1 aliphatic rings. The number of H-pyrrole nitrogens is 1. The fourth-order valence-corrected chi connectivity index (χ4v) is 7.91. The summed E-state index contributed by atoms with van der Waals surface area (Å²) >= 11 is 0. The summed E-state index contributed by atoms with van der Waals surface area (Å²) in [6.07, 6.45) is 15.4. The van der Waals surface area contributed by atoms with Crippen molar-refractivity contribution in [3.05, 3.63) is 129 Å². The van der Waals surface area contributed by atoms with Gasteiger partial charge in [-0.15, -0.1) is 0 Å². The molecule has 0 bridgehead atoms. The standard InChI is InChI=1S/C48H66N2O9/c1-4-5-6-7-8-9-10-11-12-13-14-15-16-20-33-56-34-35-57-45-44(52)42(59-46(45)50-32-31-43(51)49-47(50)53)36-58-48(37-21-18-17-19-22-37,38-23-27-40(54-2)28-24-38)39-25-29-41(55-3)30-26-39/h17-19,21-32,42,44-46,52H,4-16,20,33-36H2,1-3H3,(H,49,51,53). The van der Waals surface area contributed by atoms with Crippen LogP contribution >= 0.6 is 0 Å². The van der Waals surface area contributed by atoms with Crippen LogP contribution in [0.15, 0.2) is 101 Å². The van der Waals surface area contributed by atoms with Gasteiger partial charge in [-0.25, -0.2) is 4.79 Å². The molecule has 4 aromatic rings. The minimum atomic E-state index is -1.19. The number of hydrogen-bond donors (Lipinski definition) is 2. The van der Waals surface area contributed by atoms with Gasteiger partial charge in [-0.2, -0.15) is 0 Å². The van der Waals surface area contributed by atoms with Gasteiger partial charge in [-0.05, 0) is 47.4 Å². The number of hydrogen-bond acceptors (Lipinski definition) is 9. The average molecular weight is 815 g/mol. The minimum Gasteiger partial charge on any atom is -0.497 e. The highest BCUT2D eigenvalue weighted by atomic mass is 16.6. The molecule has 4 atom stereocenters. The van der Waals surface area contributed by atoms with Gasteiger partial charge in [0.1, 0.15) is 35.4 Å². The van der Waals surface area contributed by atoms with Crippen molar-refractivity contribution < 1.29 is 33.5 Å². The van der Waals surface area contributed by atoms with Crippen molar-refractivity contribution in [2.24, 2.45) is 0 Å². The summed E-state index contributed by atoms with van der Waals surface area (Å²) in [5.74, 6) is 1.38. The van der Waals surface area contributed by atoms with E-state index in [1.54, 1.807) is 14.2 Å². The van der Waals surface area contributed by atoms with Crippen LogP contribution < -0.4 is 20.7 Å². The molecule has 1 fully saturated rings. The maximum atomic E-state index is 13.0. The highest BCUT2D eigenvalue weighted by molar-refractivity contribution is 5.49. The summed E-state index contributed by atoms with van der Waals surface area (Å²) in [5, 5.41) is 11.8. The van der Waals surface area contributed by atoms with Gasteiger partial charge in [-0.1, -0.05) is 145 Å². The van der Waals surface area contributed by atoms with Crippen molar-refractivity contribution in [2.45, 2.75) is 127 Å². The van der Waals surface area contributed by atoms with Gasteiger partial charge in [0, 0.05) is 18.9 Å². The maximum Gasteiger partial charge on any atom is 0.330 e. The Morgan fingerprint density at radius 1 is 0.661 bits per heavy atom. The summed E-state index contributed by atoms with van der Waals surface area (Å²) in [4.78, 5) is 27.3. The van der Waals surface area contributed by atoms with Gasteiger partial charge in [0.15, 0.2) is 6.23 Å². The Bertz CT molecular complexity index is 1820. The van der Waals surface area contributed by atoms with Crippen molar-refractivity contribution in [3.8, 4) is 11.5 Å². The molecule has 4 unspecified atom stereocenters. The first-order valence-electron chi connectivity index (χ1n) is 21.7. The quantitative estimate of drug-likeness (QED) is 0.0427. The smallest absolute Gasteiger partial charge is 0.330 e. The number of ether oxygens (including phenoxy) is 6. The molecular formula is C48H66N2O9. The second-order valence-corrected chi connectivity index (χ2v) is 15.4. The van der Waals surface area contributed by atoms with E-state index in [9.17, 15) is 14.7 Å². The minimum absolute atomic E-state index is 0.0851. The molecule has 1 saturated heterocycles. The number of aliphatic hydroxyl groups is 1. The number of aromatic nitrogens is 2. The summed E-state index contributed by atoms with van der Waals surface area (Å²) in [6.45, 7) is 3.31. The lowest BCUT2D eigenvalue weighted by Gasteiger charge is -2.37. The first kappa shape index (κ1) is 45.8. The lowest BCUT2D eigenvalue weighted by Crippen LogP contribution is -2.41. The lowest BCUT2D eigenvalue weighted by molar-refractivity contribution is -0.0999. The summed E-state index contributed by atoms with van der Waals surface area (Å²) < 4.78 is 37.8. The molecule has 0 saturated carbocycles. The van der Waals surface area contributed by atoms with Crippen LogP contribution in [0.25, 0.3) is 0 Å². The Hall–Kier alpha value is -4.26. The molecular weight excluding hydrogens is 749 g/mol. The summed E-state index contributed by atoms with van der Waals surface area (Å²) in [7, 11) is 3.24. The third-order valence-corrected chi connectivity index (χ3v) is 11.3. The van der Waals surface area contributed by atoms with E-state index in [4.69, 9.17) is 28.4 Å². The zero-order chi connectivity index (χ0) is 41.7. The van der Waals surface area contributed by atoms with Crippen molar-refractivity contribution in [1.82, 2.24) is 9.55 Å². The van der Waals surface area contributed by atoms with Crippen LogP contribution in [0.2, 0.25) is 0 Å². The molecule has 2 N–H and O–H groups in total. The van der Waals surface area contributed by atoms with E-state index in [1.165, 1.54) is 93.9 Å². The first-order valence-corrected chi connectivity index (χ1v) is 21.7. The van der Waals surface area contributed by atoms with Gasteiger partial charge in [0.2, 0.25) is 0 Å². The molecule has 5 rings (SSSR count). The molecule has 1 aromatic heterocycles. The van der Waals surface area contributed by atoms with Crippen LogP contribution in [0.3, 0.4) is 0 Å². The Labute approximate surface area is 350 Å². The SMILES string of the molecule is CCCCCCCCCCCCCCCCOCCOC1C(O)C(COC(c2ccccc2)(c2ccc(OC)cc2)c2ccc(OC)cc2)OC1n1ccc(=O)[nH]c1=O. The largest absolute Gasteiger partial charge is 0.497 e. The molecule has 0 radical (unpaired) electrons. The highest BCUT2D eigenvalue weighted by Gasteiger charge is 2.48. The Kier molecular flexibility index (Phi) is 19.2. The number of nitrogens with one attached hydrogen (secondary N) is 1. The van der Waals surface area contributed by atoms with Crippen LogP contribution in [0, 0.1) is 0 Å². The number of methoxy groups -OCH3 is 2. The predicted octanol–water partition coefficient (Wildman–Crippen LogP) is 8.70. The third-order valence-electron chi connectivity index (χ3n) is 11.3. The van der Waals surface area contributed by atoms with Crippen LogP contribution in [0.5, 0.6) is 11.5 Å². The van der Waals surface area contributed by atoms with E-state index in [2.05, 4.69) is 11.9 Å². The fourth-order valence-electron chi connectivity index (χ4n) is 7.91. The van der Waals surface area contributed by atoms with Crippen LogP contribution in [-0.4, -0.2) is 73.6 Å². The van der Waals surface area contributed by atoms with Crippen LogP contribution in [0.1, 0.15) is 120 Å². The molecule has 3 aromatic carbocycles. The second kappa shape index (κ2) is 24.7. The van der Waals surface area contributed by atoms with Crippen LogP contribution in [-0.2, 0) is 24.5 Å². The molecule has 2 heterocycles. The Morgan fingerprint density at radius 3 is 1.71 bits per heavy atom. The van der Waals surface area contributed by atoms with E-state index in [0.717, 1.165) is 29.5 Å². The summed E-state index contributed by atoms with van der Waals surface area (Å²) in [6, 6.07) is 26.4. The van der Waals surface area contributed by atoms with E-state index >= 15 is 0 Å². The fraction of sp³-hybridized carbons (Fsp3) is 0.542. The first-order chi connectivity index (χ1) is 28.9. The van der Waals surface area contributed by atoms with Gasteiger partial charge < -0.3 is 33.5 Å². The monoisotopic (exact) mass is 814 g/mol. The Morgan fingerprint density at radius 2 is 1.19 bits per heavy atom. The average Bonchev–Trinajstić information content (AvgIpc) is 3.57. The van der Waals surface area contributed by atoms with Gasteiger partial charge in [0.25, 0.3) is 5.56 Å². The van der Waals surface area contributed by atoms with Crippen LogP contribution in [0.4, 0.5) is 0 Å². The lowest BCUT2D eigenvalue weighted by atomic mass is 9.80. The number of nitrogens with zero attached hydrogens (tertiary/aromatic N) is 1. The zero-order valence-electron chi connectivity index (χ0n) is 35.4. The molecule has 11 nitrogen and oxygen atoms in total. The third kappa shape index (κ3) is 13.1. The molecule has 11 heteroatoms. The maximum absolute atomic E-state index is 13.0. The summed E-state index contributed by atoms with van der Waals surface area (Å²) in [5.41, 5.74) is 0.117. The van der Waals surface area contributed by atoms with Crippen molar-refractivity contribution >= 4 is 0 Å². The van der Waals surface area contributed by atoms with E-state index in [0.29, 0.717) is 24.7 Å². The molecule has 322 valence electrons. The van der Waals surface area contributed by atoms with E-state index in [-0.39, 0.29) is 13.2 Å².